The van der Waals surface area contributed by atoms with Crippen LogP contribution in [0.15, 0.2) is 53.5 Å². The first kappa shape index (κ1) is 21.2. The maximum atomic E-state index is 4.79. The van der Waals surface area contributed by atoms with Crippen LogP contribution in [0.1, 0.15) is 50.5 Å². The van der Waals surface area contributed by atoms with Crippen molar-refractivity contribution >= 4 is 22.7 Å². The second kappa shape index (κ2) is 10.3. The fourth-order valence-electron chi connectivity index (χ4n) is 4.14. The third-order valence-electron chi connectivity index (χ3n) is 5.82. The van der Waals surface area contributed by atoms with Gasteiger partial charge in [0.25, 0.3) is 0 Å². The number of aryl methyl sites for hydroxylation is 1. The van der Waals surface area contributed by atoms with Crippen molar-refractivity contribution in [1.29, 1.82) is 0 Å². The van der Waals surface area contributed by atoms with E-state index in [4.69, 9.17) is 4.99 Å². The van der Waals surface area contributed by atoms with Crippen molar-refractivity contribution in [2.75, 3.05) is 31.1 Å². The van der Waals surface area contributed by atoms with Crippen LogP contribution in [0.25, 0.3) is 11.0 Å². The van der Waals surface area contributed by atoms with Crippen molar-refractivity contribution in [2.45, 2.75) is 45.6 Å². The number of aromatic amines is 1. The van der Waals surface area contributed by atoms with E-state index < -0.39 is 0 Å². The number of H-pyrrole nitrogens is 1. The number of aromatic nitrogens is 2. The quantitative estimate of drug-likeness (QED) is 0.288. The van der Waals surface area contributed by atoms with Crippen molar-refractivity contribution in [3.05, 3.63) is 59.9 Å². The molecular formula is C25H34N6. The van der Waals surface area contributed by atoms with E-state index in [1.165, 1.54) is 37.2 Å². The molecule has 0 saturated carbocycles. The molecule has 6 heteroatoms. The average molecular weight is 419 g/mol. The number of anilines is 1. The minimum Gasteiger partial charge on any atom is -0.372 e. The van der Waals surface area contributed by atoms with E-state index in [0.717, 1.165) is 48.7 Å². The van der Waals surface area contributed by atoms with E-state index in [-0.39, 0.29) is 6.04 Å². The highest BCUT2D eigenvalue weighted by Crippen LogP contribution is 2.24. The summed E-state index contributed by atoms with van der Waals surface area (Å²) < 4.78 is 0. The van der Waals surface area contributed by atoms with Crippen LogP contribution in [-0.4, -0.2) is 42.1 Å². The number of rotatable bonds is 8. The summed E-state index contributed by atoms with van der Waals surface area (Å²) in [5.41, 5.74) is 4.75. The van der Waals surface area contributed by atoms with E-state index in [2.05, 4.69) is 69.7 Å². The summed E-state index contributed by atoms with van der Waals surface area (Å²) in [7, 11) is 0. The molecule has 2 aromatic carbocycles. The van der Waals surface area contributed by atoms with Gasteiger partial charge in [-0.05, 0) is 62.9 Å². The van der Waals surface area contributed by atoms with Crippen LogP contribution in [0.4, 0.5) is 5.69 Å². The summed E-state index contributed by atoms with van der Waals surface area (Å²) in [5.74, 6) is 1.90. The third kappa shape index (κ3) is 5.57. The summed E-state index contributed by atoms with van der Waals surface area (Å²) in [6, 6.07) is 17.3. The minimum absolute atomic E-state index is 0.190. The van der Waals surface area contributed by atoms with Gasteiger partial charge in [0.1, 0.15) is 5.82 Å². The number of para-hydroxylation sites is 2. The summed E-state index contributed by atoms with van der Waals surface area (Å²) in [6.45, 7) is 8.23. The van der Waals surface area contributed by atoms with E-state index >= 15 is 0 Å². The van der Waals surface area contributed by atoms with Gasteiger partial charge in [-0.1, -0.05) is 24.3 Å². The van der Waals surface area contributed by atoms with Crippen molar-refractivity contribution in [3.8, 4) is 0 Å². The van der Waals surface area contributed by atoms with E-state index in [1.807, 2.05) is 18.2 Å². The predicted molar refractivity (Wildman–Crippen MR) is 130 cm³/mol. The molecule has 0 spiro atoms. The molecule has 0 radical (unpaired) electrons. The Bertz CT molecular complexity index is 969. The molecule has 3 N–H and O–H groups in total. The van der Waals surface area contributed by atoms with Crippen molar-refractivity contribution in [3.63, 3.8) is 0 Å². The lowest BCUT2D eigenvalue weighted by Crippen LogP contribution is -2.38. The molecule has 31 heavy (non-hydrogen) atoms. The first-order valence-corrected chi connectivity index (χ1v) is 11.6. The summed E-state index contributed by atoms with van der Waals surface area (Å²) >= 11 is 0. The molecule has 6 nitrogen and oxygen atoms in total. The number of benzene rings is 2. The fraction of sp³-hybridized carbons (Fsp3) is 0.440. The molecule has 1 aromatic heterocycles. The second-order valence-electron chi connectivity index (χ2n) is 8.22. The van der Waals surface area contributed by atoms with Gasteiger partial charge < -0.3 is 20.5 Å². The Morgan fingerprint density at radius 3 is 2.81 bits per heavy atom. The van der Waals surface area contributed by atoms with Crippen molar-refractivity contribution in [2.24, 2.45) is 4.99 Å². The van der Waals surface area contributed by atoms with Crippen LogP contribution in [-0.2, 0) is 6.42 Å². The van der Waals surface area contributed by atoms with Gasteiger partial charge in [-0.25, -0.2) is 4.98 Å². The van der Waals surface area contributed by atoms with Gasteiger partial charge >= 0.3 is 0 Å². The summed E-state index contributed by atoms with van der Waals surface area (Å²) in [5, 5.41) is 6.95. The zero-order valence-corrected chi connectivity index (χ0v) is 18.7. The van der Waals surface area contributed by atoms with Gasteiger partial charge in [-0.3, -0.25) is 4.99 Å². The lowest BCUT2D eigenvalue weighted by molar-refractivity contribution is 0.681. The molecule has 1 unspecified atom stereocenters. The number of nitrogens with zero attached hydrogens (tertiary/aromatic N) is 3. The molecule has 1 saturated heterocycles. The molecular weight excluding hydrogens is 384 g/mol. The van der Waals surface area contributed by atoms with Gasteiger partial charge in [0.2, 0.25) is 0 Å². The maximum absolute atomic E-state index is 4.79. The van der Waals surface area contributed by atoms with Crippen LogP contribution in [0, 0.1) is 0 Å². The summed E-state index contributed by atoms with van der Waals surface area (Å²) in [4.78, 5) is 15.3. The zero-order valence-electron chi connectivity index (χ0n) is 18.7. The molecule has 0 bridgehead atoms. The standard InChI is InChI=1S/C25H34N6/c1-3-26-25(27-15-9-14-24-29-22-12-4-5-13-23(22)30-24)28-19(2)20-10-8-11-21(18-20)31-16-6-7-17-31/h4-5,8,10-13,18-19H,3,6-7,9,14-17H2,1-2H3,(H,29,30)(H2,26,27,28). The number of hydrogen-bond donors (Lipinski definition) is 3. The van der Waals surface area contributed by atoms with Gasteiger partial charge in [0.15, 0.2) is 5.96 Å². The van der Waals surface area contributed by atoms with Gasteiger partial charge in [-0.15, -0.1) is 0 Å². The van der Waals surface area contributed by atoms with Crippen LogP contribution in [0.3, 0.4) is 0 Å². The highest BCUT2D eigenvalue weighted by molar-refractivity contribution is 5.80. The zero-order chi connectivity index (χ0) is 21.5. The van der Waals surface area contributed by atoms with E-state index in [9.17, 15) is 0 Å². The molecule has 1 atom stereocenters. The van der Waals surface area contributed by atoms with Gasteiger partial charge in [0.05, 0.1) is 17.1 Å². The van der Waals surface area contributed by atoms with E-state index in [0.29, 0.717) is 0 Å². The highest BCUT2D eigenvalue weighted by atomic mass is 15.2. The van der Waals surface area contributed by atoms with E-state index in [1.54, 1.807) is 0 Å². The molecule has 164 valence electrons. The summed E-state index contributed by atoms with van der Waals surface area (Å²) in [6.07, 6.45) is 4.44. The topological polar surface area (TPSA) is 68.3 Å². The number of guanidine groups is 1. The molecule has 0 amide bonds. The highest BCUT2D eigenvalue weighted by Gasteiger charge is 2.14. The largest absolute Gasteiger partial charge is 0.372 e. The minimum atomic E-state index is 0.190. The van der Waals surface area contributed by atoms with Crippen molar-refractivity contribution in [1.82, 2.24) is 20.6 Å². The van der Waals surface area contributed by atoms with Gasteiger partial charge in [0, 0.05) is 38.3 Å². The Morgan fingerprint density at radius 1 is 1.16 bits per heavy atom. The van der Waals surface area contributed by atoms with Crippen LogP contribution < -0.4 is 15.5 Å². The smallest absolute Gasteiger partial charge is 0.191 e. The predicted octanol–water partition coefficient (Wildman–Crippen LogP) is 4.41. The lowest BCUT2D eigenvalue weighted by Gasteiger charge is -2.22. The Balaban J connectivity index is 1.33. The second-order valence-corrected chi connectivity index (χ2v) is 8.22. The first-order chi connectivity index (χ1) is 15.2. The number of imidazole rings is 1. The number of hydrogen-bond acceptors (Lipinski definition) is 3. The Labute approximate surface area is 185 Å². The van der Waals surface area contributed by atoms with Gasteiger partial charge in [-0.2, -0.15) is 0 Å². The van der Waals surface area contributed by atoms with Crippen LogP contribution in [0.2, 0.25) is 0 Å². The monoisotopic (exact) mass is 418 g/mol. The lowest BCUT2D eigenvalue weighted by atomic mass is 10.1. The molecule has 2 heterocycles. The first-order valence-electron chi connectivity index (χ1n) is 11.6. The Kier molecular flexibility index (Phi) is 7.07. The SMILES string of the molecule is CCNC(=NCCCc1nc2ccccc2[nH]1)NC(C)c1cccc(N2CCCC2)c1. The van der Waals surface area contributed by atoms with Crippen LogP contribution >= 0.6 is 0 Å². The van der Waals surface area contributed by atoms with Crippen LogP contribution in [0.5, 0.6) is 0 Å². The number of aliphatic imine (C=N–C) groups is 1. The molecule has 1 aliphatic heterocycles. The van der Waals surface area contributed by atoms with Crippen molar-refractivity contribution < 1.29 is 0 Å². The molecule has 3 aromatic rings. The molecule has 0 aliphatic carbocycles. The maximum Gasteiger partial charge on any atom is 0.191 e. The third-order valence-corrected chi connectivity index (χ3v) is 5.82. The normalized spacial score (nSPS) is 15.4. The Hall–Kier alpha value is -3.02. The fourth-order valence-corrected chi connectivity index (χ4v) is 4.14. The number of fused-ring (bicyclic) bond motifs is 1. The number of nitrogens with one attached hydrogen (secondary N) is 3. The average Bonchev–Trinajstić information content (AvgIpc) is 3.46. The Morgan fingerprint density at radius 2 is 2.00 bits per heavy atom. The molecule has 1 fully saturated rings. The molecule has 4 rings (SSSR count). The molecule has 1 aliphatic rings.